The van der Waals surface area contributed by atoms with Gasteiger partial charge in [0.15, 0.2) is 0 Å². The van der Waals surface area contributed by atoms with Crippen molar-refractivity contribution in [2.75, 3.05) is 20.3 Å². The maximum absolute atomic E-state index is 5.81. The van der Waals surface area contributed by atoms with Crippen LogP contribution >= 0.6 is 15.9 Å². The molecule has 3 nitrogen and oxygen atoms in total. The van der Waals surface area contributed by atoms with E-state index in [-0.39, 0.29) is 0 Å². The van der Waals surface area contributed by atoms with Crippen molar-refractivity contribution in [1.82, 2.24) is 5.32 Å². The molecular weight excluding hydrogens is 330 g/mol. The van der Waals surface area contributed by atoms with Gasteiger partial charge in [-0.05, 0) is 49.9 Å². The average molecular weight is 350 g/mol. The molecule has 0 atom stereocenters. The Hall–Kier alpha value is -1.52. The summed E-state index contributed by atoms with van der Waals surface area (Å²) in [6, 6.07) is 14.0. The third-order valence-corrected chi connectivity index (χ3v) is 3.48. The lowest BCUT2D eigenvalue weighted by atomic mass is 10.2. The van der Waals surface area contributed by atoms with Gasteiger partial charge in [0.25, 0.3) is 0 Å². The Kier molecular flexibility index (Phi) is 6.08. The summed E-state index contributed by atoms with van der Waals surface area (Å²) in [6.45, 7) is 3.87. The molecule has 2 aromatic carbocycles. The predicted octanol–water partition coefficient (Wildman–Crippen LogP) is 3.93. The molecule has 2 rings (SSSR count). The summed E-state index contributed by atoms with van der Waals surface area (Å²) in [5.41, 5.74) is 2.32. The van der Waals surface area contributed by atoms with Crippen molar-refractivity contribution in [3.63, 3.8) is 0 Å². The van der Waals surface area contributed by atoms with Crippen LogP contribution in [-0.4, -0.2) is 20.3 Å². The summed E-state index contributed by atoms with van der Waals surface area (Å²) in [7, 11) is 1.92. The SMILES string of the molecule is CNCc1cc(Br)ccc1OCCOc1cccc(C)c1. The molecule has 0 radical (unpaired) electrons. The van der Waals surface area contributed by atoms with Gasteiger partial charge in [-0.25, -0.2) is 0 Å². The van der Waals surface area contributed by atoms with E-state index in [4.69, 9.17) is 9.47 Å². The van der Waals surface area contributed by atoms with Crippen molar-refractivity contribution in [1.29, 1.82) is 0 Å². The molecule has 0 bridgehead atoms. The first-order valence-corrected chi connectivity index (χ1v) is 7.73. The lowest BCUT2D eigenvalue weighted by Crippen LogP contribution is -2.12. The number of nitrogens with one attached hydrogen (secondary N) is 1. The second-order valence-corrected chi connectivity index (χ2v) is 5.71. The summed E-state index contributed by atoms with van der Waals surface area (Å²) in [6.07, 6.45) is 0. The van der Waals surface area contributed by atoms with Gasteiger partial charge in [-0.1, -0.05) is 28.1 Å². The second kappa shape index (κ2) is 8.05. The summed E-state index contributed by atoms with van der Waals surface area (Å²) in [5, 5.41) is 3.14. The van der Waals surface area contributed by atoms with E-state index in [1.807, 2.05) is 37.4 Å². The molecule has 0 saturated heterocycles. The van der Waals surface area contributed by atoms with E-state index in [1.165, 1.54) is 5.56 Å². The maximum atomic E-state index is 5.81. The zero-order valence-corrected chi connectivity index (χ0v) is 13.9. The molecule has 21 heavy (non-hydrogen) atoms. The standard InChI is InChI=1S/C17H20BrNO2/c1-13-4-3-5-16(10-13)20-8-9-21-17-7-6-15(18)11-14(17)12-19-2/h3-7,10-11,19H,8-9,12H2,1-2H3. The highest BCUT2D eigenvalue weighted by atomic mass is 79.9. The Morgan fingerprint density at radius 3 is 2.62 bits per heavy atom. The first-order valence-electron chi connectivity index (χ1n) is 6.94. The van der Waals surface area contributed by atoms with E-state index in [2.05, 4.69) is 40.3 Å². The molecule has 0 aliphatic rings. The molecule has 0 amide bonds. The van der Waals surface area contributed by atoms with Crippen LogP contribution in [-0.2, 0) is 6.54 Å². The Balaban J connectivity index is 1.86. The van der Waals surface area contributed by atoms with Crippen molar-refractivity contribution in [3.05, 3.63) is 58.1 Å². The molecule has 0 spiro atoms. The first kappa shape index (κ1) is 15.9. The van der Waals surface area contributed by atoms with E-state index in [1.54, 1.807) is 0 Å². The molecule has 1 N–H and O–H groups in total. The number of rotatable bonds is 7. The highest BCUT2D eigenvalue weighted by Gasteiger charge is 2.04. The van der Waals surface area contributed by atoms with Gasteiger partial charge in [0.05, 0.1) is 0 Å². The Morgan fingerprint density at radius 2 is 1.86 bits per heavy atom. The van der Waals surface area contributed by atoms with Gasteiger partial charge < -0.3 is 14.8 Å². The normalized spacial score (nSPS) is 10.4. The lowest BCUT2D eigenvalue weighted by Gasteiger charge is -2.12. The number of aryl methyl sites for hydroxylation is 1. The molecule has 0 fully saturated rings. The van der Waals surface area contributed by atoms with Crippen LogP contribution in [0.4, 0.5) is 0 Å². The van der Waals surface area contributed by atoms with Gasteiger partial charge in [0, 0.05) is 16.6 Å². The number of benzene rings is 2. The lowest BCUT2D eigenvalue weighted by molar-refractivity contribution is 0.215. The molecule has 0 aliphatic heterocycles. The van der Waals surface area contributed by atoms with E-state index >= 15 is 0 Å². The molecule has 0 aromatic heterocycles. The Bertz CT molecular complexity index is 587. The minimum atomic E-state index is 0.520. The zero-order valence-electron chi connectivity index (χ0n) is 12.4. The molecule has 0 saturated carbocycles. The third kappa shape index (κ3) is 5.06. The molecule has 0 heterocycles. The van der Waals surface area contributed by atoms with Crippen LogP contribution < -0.4 is 14.8 Å². The Labute approximate surface area is 134 Å². The van der Waals surface area contributed by atoms with Crippen molar-refractivity contribution in [3.8, 4) is 11.5 Å². The fourth-order valence-electron chi connectivity index (χ4n) is 2.03. The third-order valence-electron chi connectivity index (χ3n) is 2.99. The van der Waals surface area contributed by atoms with Crippen LogP contribution in [0.25, 0.3) is 0 Å². The zero-order chi connectivity index (χ0) is 15.1. The van der Waals surface area contributed by atoms with Gasteiger partial charge in [-0.15, -0.1) is 0 Å². The van der Waals surface area contributed by atoms with Crippen molar-refractivity contribution in [2.24, 2.45) is 0 Å². The summed E-state index contributed by atoms with van der Waals surface area (Å²) < 4.78 is 12.5. The van der Waals surface area contributed by atoms with E-state index in [9.17, 15) is 0 Å². The highest BCUT2D eigenvalue weighted by Crippen LogP contribution is 2.23. The van der Waals surface area contributed by atoms with Gasteiger partial charge >= 0.3 is 0 Å². The number of hydrogen-bond acceptors (Lipinski definition) is 3. The van der Waals surface area contributed by atoms with Crippen LogP contribution in [0.1, 0.15) is 11.1 Å². The minimum Gasteiger partial charge on any atom is -0.490 e. The summed E-state index contributed by atoms with van der Waals surface area (Å²) in [4.78, 5) is 0. The quantitative estimate of drug-likeness (QED) is 0.768. The van der Waals surface area contributed by atoms with Gasteiger partial charge in [0.2, 0.25) is 0 Å². The van der Waals surface area contributed by atoms with Crippen molar-refractivity contribution < 1.29 is 9.47 Å². The van der Waals surface area contributed by atoms with Crippen LogP contribution in [0, 0.1) is 6.92 Å². The molecule has 0 unspecified atom stereocenters. The predicted molar refractivity (Wildman–Crippen MR) is 89.1 cm³/mol. The number of ether oxygens (including phenoxy) is 2. The summed E-state index contributed by atoms with van der Waals surface area (Å²) >= 11 is 3.48. The topological polar surface area (TPSA) is 30.5 Å². The molecule has 0 aliphatic carbocycles. The van der Waals surface area contributed by atoms with Crippen molar-refractivity contribution in [2.45, 2.75) is 13.5 Å². The smallest absolute Gasteiger partial charge is 0.124 e. The largest absolute Gasteiger partial charge is 0.490 e. The molecule has 2 aromatic rings. The van der Waals surface area contributed by atoms with Crippen LogP contribution in [0.5, 0.6) is 11.5 Å². The van der Waals surface area contributed by atoms with E-state index in [0.29, 0.717) is 13.2 Å². The fraction of sp³-hybridized carbons (Fsp3) is 0.294. The van der Waals surface area contributed by atoms with Gasteiger partial charge in [-0.3, -0.25) is 0 Å². The molecule has 4 heteroatoms. The average Bonchev–Trinajstić information content (AvgIpc) is 2.46. The molecule has 112 valence electrons. The fourth-order valence-corrected chi connectivity index (χ4v) is 2.44. The van der Waals surface area contributed by atoms with Crippen molar-refractivity contribution >= 4 is 15.9 Å². The number of hydrogen-bond donors (Lipinski definition) is 1. The van der Waals surface area contributed by atoms with Crippen LogP contribution in [0.15, 0.2) is 46.9 Å². The molecular formula is C17H20BrNO2. The van der Waals surface area contributed by atoms with E-state index < -0.39 is 0 Å². The Morgan fingerprint density at radius 1 is 1.05 bits per heavy atom. The van der Waals surface area contributed by atoms with Crippen LogP contribution in [0.3, 0.4) is 0 Å². The monoisotopic (exact) mass is 349 g/mol. The second-order valence-electron chi connectivity index (χ2n) is 4.80. The highest BCUT2D eigenvalue weighted by molar-refractivity contribution is 9.10. The van der Waals surface area contributed by atoms with Crippen LogP contribution in [0.2, 0.25) is 0 Å². The van der Waals surface area contributed by atoms with E-state index in [0.717, 1.165) is 28.1 Å². The minimum absolute atomic E-state index is 0.520. The maximum Gasteiger partial charge on any atom is 0.124 e. The van der Waals surface area contributed by atoms with Gasteiger partial charge in [0.1, 0.15) is 24.7 Å². The van der Waals surface area contributed by atoms with Gasteiger partial charge in [-0.2, -0.15) is 0 Å². The first-order chi connectivity index (χ1) is 10.2. The number of halogens is 1. The summed E-state index contributed by atoms with van der Waals surface area (Å²) in [5.74, 6) is 1.77.